The minimum absolute atomic E-state index is 0.305. The first-order chi connectivity index (χ1) is 12.5. The third kappa shape index (κ3) is 5.62. The van der Waals surface area contributed by atoms with Gasteiger partial charge in [0.25, 0.3) is 11.8 Å². The van der Waals surface area contributed by atoms with E-state index in [1.807, 2.05) is 19.1 Å². The molecule has 0 atom stereocenters. The van der Waals surface area contributed by atoms with E-state index in [0.717, 1.165) is 5.56 Å². The van der Waals surface area contributed by atoms with Crippen LogP contribution in [0.5, 0.6) is 5.75 Å². The molecular weight excluding hydrogens is 336 g/mol. The number of hydrogen-bond donors (Lipinski definition) is 2. The van der Waals surface area contributed by atoms with Gasteiger partial charge in [0.15, 0.2) is 6.61 Å². The van der Waals surface area contributed by atoms with Crippen LogP contribution in [0.1, 0.15) is 15.9 Å². The van der Waals surface area contributed by atoms with Gasteiger partial charge < -0.3 is 20.1 Å². The van der Waals surface area contributed by atoms with Crippen LogP contribution in [0.15, 0.2) is 48.5 Å². The minimum Gasteiger partial charge on any atom is -0.496 e. The Bertz CT molecular complexity index is 787. The molecule has 0 aromatic heterocycles. The van der Waals surface area contributed by atoms with Gasteiger partial charge in [-0.05, 0) is 31.2 Å². The van der Waals surface area contributed by atoms with Crippen LogP contribution < -0.4 is 15.4 Å². The fourth-order valence-electron chi connectivity index (χ4n) is 2.11. The number of anilines is 1. The first-order valence-electron chi connectivity index (χ1n) is 7.93. The summed E-state index contributed by atoms with van der Waals surface area (Å²) < 4.78 is 9.93. The van der Waals surface area contributed by atoms with Crippen molar-refractivity contribution < 1.29 is 23.9 Å². The van der Waals surface area contributed by atoms with Crippen molar-refractivity contribution in [3.8, 4) is 5.75 Å². The normalized spacial score (nSPS) is 9.92. The van der Waals surface area contributed by atoms with Crippen LogP contribution in [-0.4, -0.2) is 38.0 Å². The van der Waals surface area contributed by atoms with Gasteiger partial charge in [-0.3, -0.25) is 14.4 Å². The molecule has 0 radical (unpaired) electrons. The predicted molar refractivity (Wildman–Crippen MR) is 96.1 cm³/mol. The van der Waals surface area contributed by atoms with Crippen molar-refractivity contribution in [3.05, 3.63) is 59.7 Å². The Hall–Kier alpha value is -3.35. The topological polar surface area (TPSA) is 93.7 Å². The van der Waals surface area contributed by atoms with Crippen molar-refractivity contribution in [2.24, 2.45) is 0 Å². The molecular formula is C19H20N2O5. The van der Waals surface area contributed by atoms with E-state index in [0.29, 0.717) is 17.0 Å². The molecule has 0 spiro atoms. The monoisotopic (exact) mass is 356 g/mol. The summed E-state index contributed by atoms with van der Waals surface area (Å²) >= 11 is 0. The van der Waals surface area contributed by atoms with Gasteiger partial charge in [0.05, 0.1) is 12.7 Å². The highest BCUT2D eigenvalue weighted by Gasteiger charge is 2.14. The number of hydrogen-bond acceptors (Lipinski definition) is 5. The summed E-state index contributed by atoms with van der Waals surface area (Å²) in [4.78, 5) is 35.5. The molecule has 0 bridgehead atoms. The van der Waals surface area contributed by atoms with Crippen LogP contribution in [-0.2, 0) is 14.3 Å². The first-order valence-corrected chi connectivity index (χ1v) is 7.93. The molecule has 2 aromatic carbocycles. The average Bonchev–Trinajstić information content (AvgIpc) is 2.66. The summed E-state index contributed by atoms with van der Waals surface area (Å²) in [5, 5.41) is 5.04. The summed E-state index contributed by atoms with van der Waals surface area (Å²) in [5.74, 6) is -1.25. The average molecular weight is 356 g/mol. The van der Waals surface area contributed by atoms with Crippen LogP contribution in [0.25, 0.3) is 0 Å². The van der Waals surface area contributed by atoms with E-state index in [2.05, 4.69) is 10.6 Å². The third-order valence-electron chi connectivity index (χ3n) is 3.44. The third-order valence-corrected chi connectivity index (χ3v) is 3.44. The number of amides is 2. The zero-order chi connectivity index (χ0) is 18.9. The minimum atomic E-state index is -0.715. The second-order valence-corrected chi connectivity index (χ2v) is 5.46. The van der Waals surface area contributed by atoms with E-state index in [4.69, 9.17) is 9.47 Å². The quantitative estimate of drug-likeness (QED) is 0.739. The van der Waals surface area contributed by atoms with E-state index in [1.165, 1.54) is 7.11 Å². The highest BCUT2D eigenvalue weighted by molar-refractivity contribution is 5.98. The lowest BCUT2D eigenvalue weighted by Crippen LogP contribution is -2.32. The molecule has 0 fully saturated rings. The number of nitrogens with one attached hydrogen (secondary N) is 2. The fourth-order valence-corrected chi connectivity index (χ4v) is 2.11. The predicted octanol–water partition coefficient (Wildman–Crippen LogP) is 1.92. The number of carbonyl (C=O) groups excluding carboxylic acids is 3. The lowest BCUT2D eigenvalue weighted by molar-refractivity contribution is -0.146. The Kier molecular flexibility index (Phi) is 6.73. The maximum absolute atomic E-state index is 12.1. The molecule has 0 saturated carbocycles. The number of ether oxygens (including phenoxy) is 2. The molecule has 2 aromatic rings. The van der Waals surface area contributed by atoms with Crippen molar-refractivity contribution in [2.45, 2.75) is 6.92 Å². The van der Waals surface area contributed by atoms with Crippen LogP contribution in [0.2, 0.25) is 0 Å². The van der Waals surface area contributed by atoms with E-state index in [-0.39, 0.29) is 6.54 Å². The van der Waals surface area contributed by atoms with Crippen LogP contribution >= 0.6 is 0 Å². The van der Waals surface area contributed by atoms with Gasteiger partial charge in [0.1, 0.15) is 12.3 Å². The van der Waals surface area contributed by atoms with Gasteiger partial charge in [-0.2, -0.15) is 0 Å². The Labute approximate surface area is 151 Å². The molecule has 2 rings (SSSR count). The number of rotatable bonds is 7. The molecule has 7 heteroatoms. The molecule has 2 amide bonds. The van der Waals surface area contributed by atoms with Crippen molar-refractivity contribution in [1.82, 2.24) is 5.32 Å². The maximum Gasteiger partial charge on any atom is 0.325 e. The summed E-state index contributed by atoms with van der Waals surface area (Å²) in [7, 11) is 1.45. The number of para-hydroxylation sites is 1. The van der Waals surface area contributed by atoms with Crippen molar-refractivity contribution in [3.63, 3.8) is 0 Å². The lowest BCUT2D eigenvalue weighted by atomic mass is 10.2. The van der Waals surface area contributed by atoms with Crippen molar-refractivity contribution in [1.29, 1.82) is 0 Å². The van der Waals surface area contributed by atoms with Crippen LogP contribution in [0, 0.1) is 6.92 Å². The second kappa shape index (κ2) is 9.22. The van der Waals surface area contributed by atoms with Gasteiger partial charge in [-0.1, -0.05) is 29.8 Å². The number of esters is 1. The molecule has 0 aliphatic rings. The van der Waals surface area contributed by atoms with E-state index >= 15 is 0 Å². The van der Waals surface area contributed by atoms with Crippen molar-refractivity contribution >= 4 is 23.5 Å². The molecule has 0 aliphatic heterocycles. The Morgan fingerprint density at radius 2 is 1.69 bits per heavy atom. The lowest BCUT2D eigenvalue weighted by Gasteiger charge is -2.09. The fraction of sp³-hybridized carbons (Fsp3) is 0.211. The second-order valence-electron chi connectivity index (χ2n) is 5.46. The summed E-state index contributed by atoms with van der Waals surface area (Å²) in [6.45, 7) is 1.15. The van der Waals surface area contributed by atoms with E-state index < -0.39 is 24.4 Å². The zero-order valence-electron chi connectivity index (χ0n) is 14.6. The Balaban J connectivity index is 1.75. The summed E-state index contributed by atoms with van der Waals surface area (Å²) in [5.41, 5.74) is 1.99. The van der Waals surface area contributed by atoms with Gasteiger partial charge >= 0.3 is 5.97 Å². The summed E-state index contributed by atoms with van der Waals surface area (Å²) in [6.07, 6.45) is 0. The largest absolute Gasteiger partial charge is 0.496 e. The van der Waals surface area contributed by atoms with E-state index in [1.54, 1.807) is 36.4 Å². The Morgan fingerprint density at radius 1 is 1.00 bits per heavy atom. The van der Waals surface area contributed by atoms with Crippen molar-refractivity contribution in [2.75, 3.05) is 25.6 Å². The highest BCUT2D eigenvalue weighted by atomic mass is 16.5. The number of carbonyl (C=O) groups is 3. The molecule has 0 unspecified atom stereocenters. The Morgan fingerprint density at radius 3 is 2.38 bits per heavy atom. The molecule has 0 aliphatic carbocycles. The first kappa shape index (κ1) is 19.0. The molecule has 2 N–H and O–H groups in total. The van der Waals surface area contributed by atoms with Crippen LogP contribution in [0.4, 0.5) is 5.69 Å². The van der Waals surface area contributed by atoms with Gasteiger partial charge in [0, 0.05) is 5.69 Å². The zero-order valence-corrected chi connectivity index (χ0v) is 14.6. The van der Waals surface area contributed by atoms with Crippen LogP contribution in [0.3, 0.4) is 0 Å². The standard InChI is InChI=1S/C19H20N2O5/c1-13-7-9-14(10-8-13)21-17(22)12-26-18(23)11-20-19(24)15-5-3-4-6-16(15)25-2/h3-10H,11-12H2,1-2H3,(H,20,24)(H,21,22). The molecule has 0 heterocycles. The molecule has 26 heavy (non-hydrogen) atoms. The summed E-state index contributed by atoms with van der Waals surface area (Å²) in [6, 6.07) is 13.9. The number of aryl methyl sites for hydroxylation is 1. The number of methoxy groups -OCH3 is 1. The molecule has 136 valence electrons. The van der Waals surface area contributed by atoms with Gasteiger partial charge in [0.2, 0.25) is 0 Å². The smallest absolute Gasteiger partial charge is 0.325 e. The molecule has 7 nitrogen and oxygen atoms in total. The highest BCUT2D eigenvalue weighted by Crippen LogP contribution is 2.16. The van der Waals surface area contributed by atoms with E-state index in [9.17, 15) is 14.4 Å². The van der Waals surface area contributed by atoms with Gasteiger partial charge in [-0.15, -0.1) is 0 Å². The van der Waals surface area contributed by atoms with Gasteiger partial charge in [-0.25, -0.2) is 0 Å². The maximum atomic E-state index is 12.1. The molecule has 0 saturated heterocycles. The number of benzene rings is 2. The SMILES string of the molecule is COc1ccccc1C(=O)NCC(=O)OCC(=O)Nc1ccc(C)cc1.